The lowest BCUT2D eigenvalue weighted by Gasteiger charge is -2.05. The minimum Gasteiger partial charge on any atom is -0.326 e. The number of nitrogens with two attached hydrogens (primary N) is 1. The Labute approximate surface area is 83.4 Å². The van der Waals surface area contributed by atoms with Gasteiger partial charge in [-0.25, -0.2) is 0 Å². The van der Waals surface area contributed by atoms with E-state index in [-0.39, 0.29) is 0 Å². The van der Waals surface area contributed by atoms with Crippen LogP contribution in [0, 0.1) is 0 Å². The lowest BCUT2D eigenvalue weighted by Crippen LogP contribution is -2.00. The van der Waals surface area contributed by atoms with Crippen LogP contribution >= 0.6 is 0 Å². The third-order valence-electron chi connectivity index (χ3n) is 2.16. The number of aromatic nitrogens is 1. The summed E-state index contributed by atoms with van der Waals surface area (Å²) in [5.74, 6) is 0. The molecule has 0 aliphatic heterocycles. The molecule has 0 spiro atoms. The van der Waals surface area contributed by atoms with Crippen molar-refractivity contribution in [1.29, 1.82) is 0 Å². The normalized spacial score (nSPS) is 10.1. The van der Waals surface area contributed by atoms with Crippen molar-refractivity contribution in [3.8, 4) is 11.3 Å². The minimum atomic E-state index is 0.526. The fourth-order valence-electron chi connectivity index (χ4n) is 1.46. The van der Waals surface area contributed by atoms with Crippen molar-refractivity contribution in [2.45, 2.75) is 6.54 Å². The van der Waals surface area contributed by atoms with E-state index in [1.54, 1.807) is 6.20 Å². The molecular formula is C12H12N2. The highest BCUT2D eigenvalue weighted by Crippen LogP contribution is 2.19. The average molecular weight is 184 g/mol. The van der Waals surface area contributed by atoms with E-state index in [4.69, 9.17) is 5.73 Å². The van der Waals surface area contributed by atoms with Crippen LogP contribution in [0.2, 0.25) is 0 Å². The van der Waals surface area contributed by atoms with Gasteiger partial charge < -0.3 is 5.73 Å². The van der Waals surface area contributed by atoms with Gasteiger partial charge in [-0.3, -0.25) is 4.98 Å². The molecule has 14 heavy (non-hydrogen) atoms. The van der Waals surface area contributed by atoms with Crippen LogP contribution in [-0.2, 0) is 6.54 Å². The minimum absolute atomic E-state index is 0.526. The van der Waals surface area contributed by atoms with Crippen LogP contribution in [0.3, 0.4) is 0 Å². The Morgan fingerprint density at radius 1 is 1.00 bits per heavy atom. The van der Waals surface area contributed by atoms with Crippen LogP contribution in [0.15, 0.2) is 48.7 Å². The van der Waals surface area contributed by atoms with Crippen LogP contribution in [-0.4, -0.2) is 4.98 Å². The molecule has 2 nitrogen and oxygen atoms in total. The van der Waals surface area contributed by atoms with Gasteiger partial charge in [0.25, 0.3) is 0 Å². The molecule has 0 aliphatic carbocycles. The summed E-state index contributed by atoms with van der Waals surface area (Å²) >= 11 is 0. The van der Waals surface area contributed by atoms with Gasteiger partial charge in [-0.15, -0.1) is 0 Å². The Morgan fingerprint density at radius 3 is 2.50 bits per heavy atom. The maximum atomic E-state index is 5.65. The van der Waals surface area contributed by atoms with Crippen molar-refractivity contribution in [2.24, 2.45) is 5.73 Å². The predicted octanol–water partition coefficient (Wildman–Crippen LogP) is 2.21. The van der Waals surface area contributed by atoms with Gasteiger partial charge in [-0.2, -0.15) is 0 Å². The number of nitrogens with zero attached hydrogens (tertiary/aromatic N) is 1. The molecule has 0 unspecified atom stereocenters. The monoisotopic (exact) mass is 184 g/mol. The van der Waals surface area contributed by atoms with Gasteiger partial charge in [0.2, 0.25) is 0 Å². The van der Waals surface area contributed by atoms with Gasteiger partial charge in [0.1, 0.15) is 0 Å². The van der Waals surface area contributed by atoms with E-state index < -0.39 is 0 Å². The Bertz CT molecular complexity index is 410. The first-order valence-electron chi connectivity index (χ1n) is 4.61. The molecule has 2 heteroatoms. The Hall–Kier alpha value is -1.67. The molecule has 1 aromatic heterocycles. The molecule has 0 amide bonds. The zero-order valence-corrected chi connectivity index (χ0v) is 7.85. The highest BCUT2D eigenvalue weighted by Gasteiger charge is 2.02. The van der Waals surface area contributed by atoms with Crippen LogP contribution < -0.4 is 5.73 Å². The molecule has 2 rings (SSSR count). The summed E-state index contributed by atoms with van der Waals surface area (Å²) in [6.45, 7) is 0.526. The Kier molecular flexibility index (Phi) is 2.56. The van der Waals surface area contributed by atoms with Gasteiger partial charge >= 0.3 is 0 Å². The molecular weight excluding hydrogens is 172 g/mol. The second-order valence-corrected chi connectivity index (χ2v) is 3.08. The topological polar surface area (TPSA) is 38.9 Å². The van der Waals surface area contributed by atoms with Gasteiger partial charge in [0.05, 0.1) is 5.69 Å². The van der Waals surface area contributed by atoms with Crippen molar-refractivity contribution < 1.29 is 0 Å². The SMILES string of the molecule is NCc1cccnc1-c1ccccc1. The van der Waals surface area contributed by atoms with E-state index in [2.05, 4.69) is 4.98 Å². The fraction of sp³-hybridized carbons (Fsp3) is 0.0833. The second-order valence-electron chi connectivity index (χ2n) is 3.08. The van der Waals surface area contributed by atoms with Crippen LogP contribution in [0.4, 0.5) is 0 Å². The molecule has 2 aromatic rings. The smallest absolute Gasteiger partial charge is 0.0746 e. The van der Waals surface area contributed by atoms with E-state index in [9.17, 15) is 0 Å². The van der Waals surface area contributed by atoms with Crippen molar-refractivity contribution in [3.05, 3.63) is 54.2 Å². The highest BCUT2D eigenvalue weighted by atomic mass is 14.7. The summed E-state index contributed by atoms with van der Waals surface area (Å²) < 4.78 is 0. The summed E-state index contributed by atoms with van der Waals surface area (Å²) in [5, 5.41) is 0. The predicted molar refractivity (Wildman–Crippen MR) is 57.6 cm³/mol. The molecule has 1 heterocycles. The van der Waals surface area contributed by atoms with Crippen molar-refractivity contribution in [2.75, 3.05) is 0 Å². The molecule has 1 aromatic carbocycles. The van der Waals surface area contributed by atoms with Crippen molar-refractivity contribution in [1.82, 2.24) is 4.98 Å². The molecule has 0 saturated carbocycles. The maximum absolute atomic E-state index is 5.65. The molecule has 2 N–H and O–H groups in total. The quantitative estimate of drug-likeness (QED) is 0.777. The number of rotatable bonds is 2. The molecule has 0 fully saturated rings. The zero-order valence-electron chi connectivity index (χ0n) is 7.85. The van der Waals surface area contributed by atoms with Gasteiger partial charge in [-0.1, -0.05) is 36.4 Å². The summed E-state index contributed by atoms with van der Waals surface area (Å²) in [6, 6.07) is 14.0. The molecule has 0 bridgehead atoms. The lowest BCUT2D eigenvalue weighted by molar-refractivity contribution is 1.05. The Balaban J connectivity index is 2.51. The standard InChI is InChI=1S/C12H12N2/c13-9-11-7-4-8-14-12(11)10-5-2-1-3-6-10/h1-8H,9,13H2. The number of hydrogen-bond acceptors (Lipinski definition) is 2. The van der Waals surface area contributed by atoms with E-state index in [1.165, 1.54) is 0 Å². The van der Waals surface area contributed by atoms with Gasteiger partial charge in [0.15, 0.2) is 0 Å². The largest absolute Gasteiger partial charge is 0.326 e. The summed E-state index contributed by atoms with van der Waals surface area (Å²) in [5.41, 5.74) is 8.83. The van der Waals surface area contributed by atoms with E-state index in [0.29, 0.717) is 6.54 Å². The third-order valence-corrected chi connectivity index (χ3v) is 2.16. The number of benzene rings is 1. The molecule has 0 saturated heterocycles. The average Bonchev–Trinajstić information content (AvgIpc) is 2.30. The molecule has 70 valence electrons. The zero-order chi connectivity index (χ0) is 9.80. The maximum Gasteiger partial charge on any atom is 0.0746 e. The summed E-state index contributed by atoms with van der Waals surface area (Å²) in [7, 11) is 0. The summed E-state index contributed by atoms with van der Waals surface area (Å²) in [6.07, 6.45) is 1.79. The first-order chi connectivity index (χ1) is 6.92. The first kappa shape index (κ1) is 8.91. The van der Waals surface area contributed by atoms with E-state index in [0.717, 1.165) is 16.8 Å². The highest BCUT2D eigenvalue weighted by molar-refractivity contribution is 5.62. The van der Waals surface area contributed by atoms with E-state index in [1.807, 2.05) is 42.5 Å². The molecule has 0 radical (unpaired) electrons. The first-order valence-corrected chi connectivity index (χ1v) is 4.61. The van der Waals surface area contributed by atoms with Crippen LogP contribution in [0.25, 0.3) is 11.3 Å². The van der Waals surface area contributed by atoms with Gasteiger partial charge in [-0.05, 0) is 11.6 Å². The molecule has 0 aliphatic rings. The van der Waals surface area contributed by atoms with Gasteiger partial charge in [0, 0.05) is 18.3 Å². The molecule has 0 atom stereocenters. The Morgan fingerprint density at radius 2 is 1.79 bits per heavy atom. The summed E-state index contributed by atoms with van der Waals surface area (Å²) in [4.78, 5) is 4.34. The fourth-order valence-corrected chi connectivity index (χ4v) is 1.46. The third kappa shape index (κ3) is 1.65. The lowest BCUT2D eigenvalue weighted by atomic mass is 10.1. The number of hydrogen-bond donors (Lipinski definition) is 1. The number of pyridine rings is 1. The van der Waals surface area contributed by atoms with Crippen LogP contribution in [0.5, 0.6) is 0 Å². The second kappa shape index (κ2) is 4.03. The van der Waals surface area contributed by atoms with E-state index >= 15 is 0 Å². The van der Waals surface area contributed by atoms with Crippen molar-refractivity contribution in [3.63, 3.8) is 0 Å². The van der Waals surface area contributed by atoms with Crippen LogP contribution in [0.1, 0.15) is 5.56 Å². The van der Waals surface area contributed by atoms with Crippen molar-refractivity contribution >= 4 is 0 Å².